The third-order valence-electron chi connectivity index (χ3n) is 3.99. The molecule has 24 heavy (non-hydrogen) atoms. The number of fused-ring (bicyclic) bond motifs is 1. The first-order chi connectivity index (χ1) is 11.8. The van der Waals surface area contributed by atoms with Crippen molar-refractivity contribution < 1.29 is 4.42 Å². The second-order valence-corrected chi connectivity index (χ2v) is 5.70. The lowest BCUT2D eigenvalue weighted by atomic mass is 10.0. The van der Waals surface area contributed by atoms with E-state index in [9.17, 15) is 0 Å². The van der Waals surface area contributed by atoms with E-state index in [1.807, 2.05) is 12.1 Å². The molecular formula is C20H17N3O. The Labute approximate surface area is 139 Å². The van der Waals surface area contributed by atoms with Crippen LogP contribution in [0, 0.1) is 0 Å². The SMILES string of the molecule is Nc1oc2cnccc2c1Nc1ccc(Cc2ccccc2)cc1. The van der Waals surface area contributed by atoms with Crippen molar-refractivity contribution in [1.82, 2.24) is 4.98 Å². The van der Waals surface area contributed by atoms with Crippen molar-refractivity contribution in [1.29, 1.82) is 0 Å². The Hall–Kier alpha value is -3.27. The molecule has 0 aliphatic rings. The number of hydrogen-bond donors (Lipinski definition) is 2. The van der Waals surface area contributed by atoms with Gasteiger partial charge in [-0.2, -0.15) is 0 Å². The molecule has 4 aromatic rings. The lowest BCUT2D eigenvalue weighted by Crippen LogP contribution is -1.94. The molecule has 0 fully saturated rings. The minimum atomic E-state index is 0.367. The van der Waals surface area contributed by atoms with Crippen LogP contribution < -0.4 is 11.1 Å². The Morgan fingerprint density at radius 1 is 0.917 bits per heavy atom. The molecule has 0 bridgehead atoms. The van der Waals surface area contributed by atoms with Crippen LogP contribution >= 0.6 is 0 Å². The first-order valence-corrected chi connectivity index (χ1v) is 7.81. The lowest BCUT2D eigenvalue weighted by Gasteiger charge is -2.07. The number of furan rings is 1. The molecule has 0 aliphatic carbocycles. The van der Waals surface area contributed by atoms with Crippen LogP contribution in [0.25, 0.3) is 11.0 Å². The van der Waals surface area contributed by atoms with Crippen molar-refractivity contribution >= 4 is 28.2 Å². The summed E-state index contributed by atoms with van der Waals surface area (Å²) in [5, 5.41) is 4.27. The number of anilines is 3. The quantitative estimate of drug-likeness (QED) is 0.570. The van der Waals surface area contributed by atoms with Gasteiger partial charge in [0.15, 0.2) is 5.58 Å². The predicted molar refractivity (Wildman–Crippen MR) is 97.4 cm³/mol. The Bertz CT molecular complexity index is 959. The molecule has 2 aromatic carbocycles. The van der Waals surface area contributed by atoms with E-state index in [0.717, 1.165) is 23.2 Å². The number of hydrogen-bond acceptors (Lipinski definition) is 4. The summed E-state index contributed by atoms with van der Waals surface area (Å²) < 4.78 is 5.53. The third kappa shape index (κ3) is 2.82. The summed E-state index contributed by atoms with van der Waals surface area (Å²) in [6.45, 7) is 0. The van der Waals surface area contributed by atoms with Crippen molar-refractivity contribution in [2.24, 2.45) is 0 Å². The largest absolute Gasteiger partial charge is 0.437 e. The average Bonchev–Trinajstić information content (AvgIpc) is 2.93. The molecular weight excluding hydrogens is 298 g/mol. The van der Waals surface area contributed by atoms with Crippen molar-refractivity contribution in [3.63, 3.8) is 0 Å². The summed E-state index contributed by atoms with van der Waals surface area (Å²) in [6.07, 6.45) is 4.31. The zero-order valence-electron chi connectivity index (χ0n) is 13.1. The molecule has 0 spiro atoms. The van der Waals surface area contributed by atoms with Gasteiger partial charge in [0.1, 0.15) is 5.69 Å². The van der Waals surface area contributed by atoms with Gasteiger partial charge in [0.2, 0.25) is 5.88 Å². The second-order valence-electron chi connectivity index (χ2n) is 5.70. The molecule has 0 aliphatic heterocycles. The van der Waals surface area contributed by atoms with Gasteiger partial charge in [-0.15, -0.1) is 0 Å². The zero-order valence-corrected chi connectivity index (χ0v) is 13.1. The molecule has 2 heterocycles. The highest BCUT2D eigenvalue weighted by Crippen LogP contribution is 2.34. The molecule has 4 nitrogen and oxygen atoms in total. The first-order valence-electron chi connectivity index (χ1n) is 7.81. The van der Waals surface area contributed by atoms with E-state index < -0.39 is 0 Å². The van der Waals surface area contributed by atoms with E-state index in [1.165, 1.54) is 11.1 Å². The number of nitrogen functional groups attached to an aromatic ring is 1. The fraction of sp³-hybridized carbons (Fsp3) is 0.0500. The maximum atomic E-state index is 5.98. The van der Waals surface area contributed by atoms with Crippen LogP contribution in [-0.2, 0) is 6.42 Å². The summed E-state index contributed by atoms with van der Waals surface area (Å²) in [5.74, 6) is 0.367. The number of nitrogens with two attached hydrogens (primary N) is 1. The van der Waals surface area contributed by atoms with E-state index in [0.29, 0.717) is 11.5 Å². The van der Waals surface area contributed by atoms with Gasteiger partial charge in [0, 0.05) is 17.3 Å². The van der Waals surface area contributed by atoms with Crippen LogP contribution in [0.1, 0.15) is 11.1 Å². The first kappa shape index (κ1) is 14.3. The molecule has 0 radical (unpaired) electrons. The van der Waals surface area contributed by atoms with Gasteiger partial charge in [0.25, 0.3) is 0 Å². The van der Waals surface area contributed by atoms with Gasteiger partial charge in [-0.05, 0) is 35.7 Å². The van der Waals surface area contributed by atoms with Gasteiger partial charge in [-0.1, -0.05) is 42.5 Å². The Balaban J connectivity index is 1.56. The molecule has 0 amide bonds. The van der Waals surface area contributed by atoms with Gasteiger partial charge >= 0.3 is 0 Å². The van der Waals surface area contributed by atoms with Crippen molar-refractivity contribution in [3.8, 4) is 0 Å². The third-order valence-corrected chi connectivity index (χ3v) is 3.99. The standard InChI is InChI=1S/C20H17N3O/c21-20-19(17-10-11-22-13-18(17)24-20)23-16-8-6-15(7-9-16)12-14-4-2-1-3-5-14/h1-11,13,23H,12,21H2. The predicted octanol–water partition coefficient (Wildman–Crippen LogP) is 4.74. The summed E-state index contributed by atoms with van der Waals surface area (Å²) in [7, 11) is 0. The van der Waals surface area contributed by atoms with Crippen molar-refractivity contribution in [3.05, 3.63) is 84.2 Å². The van der Waals surface area contributed by atoms with Crippen LogP contribution in [0.3, 0.4) is 0 Å². The molecule has 0 unspecified atom stereocenters. The second kappa shape index (κ2) is 6.08. The highest BCUT2D eigenvalue weighted by Gasteiger charge is 2.11. The lowest BCUT2D eigenvalue weighted by molar-refractivity contribution is 0.636. The van der Waals surface area contributed by atoms with Gasteiger partial charge in [-0.3, -0.25) is 4.98 Å². The van der Waals surface area contributed by atoms with Crippen LogP contribution in [0.15, 0.2) is 77.5 Å². The van der Waals surface area contributed by atoms with Gasteiger partial charge in [0.05, 0.1) is 6.20 Å². The van der Waals surface area contributed by atoms with E-state index in [-0.39, 0.29) is 0 Å². The molecule has 2 aromatic heterocycles. The number of pyridine rings is 1. The van der Waals surface area contributed by atoms with Gasteiger partial charge < -0.3 is 15.5 Å². The van der Waals surface area contributed by atoms with Crippen LogP contribution in [-0.4, -0.2) is 4.98 Å². The maximum Gasteiger partial charge on any atom is 0.215 e. The Morgan fingerprint density at radius 3 is 2.46 bits per heavy atom. The molecule has 0 atom stereocenters. The smallest absolute Gasteiger partial charge is 0.215 e. The highest BCUT2D eigenvalue weighted by atomic mass is 16.3. The Kier molecular flexibility index (Phi) is 3.63. The Morgan fingerprint density at radius 2 is 1.67 bits per heavy atom. The molecule has 4 rings (SSSR count). The van der Waals surface area contributed by atoms with Crippen molar-refractivity contribution in [2.45, 2.75) is 6.42 Å². The normalized spacial score (nSPS) is 10.8. The highest BCUT2D eigenvalue weighted by molar-refractivity contribution is 5.97. The molecule has 118 valence electrons. The topological polar surface area (TPSA) is 64.1 Å². The van der Waals surface area contributed by atoms with Crippen LogP contribution in [0.5, 0.6) is 0 Å². The summed E-state index contributed by atoms with van der Waals surface area (Å²) in [4.78, 5) is 4.05. The zero-order chi connectivity index (χ0) is 16.4. The molecule has 3 N–H and O–H groups in total. The summed E-state index contributed by atoms with van der Waals surface area (Å²) >= 11 is 0. The van der Waals surface area contributed by atoms with Crippen LogP contribution in [0.4, 0.5) is 17.3 Å². The average molecular weight is 315 g/mol. The van der Waals surface area contributed by atoms with E-state index in [1.54, 1.807) is 12.4 Å². The summed E-state index contributed by atoms with van der Waals surface area (Å²) in [6, 6.07) is 20.7. The van der Waals surface area contributed by atoms with Gasteiger partial charge in [-0.25, -0.2) is 0 Å². The number of nitrogens with zero attached hydrogens (tertiary/aromatic N) is 1. The number of benzene rings is 2. The molecule has 0 saturated carbocycles. The monoisotopic (exact) mass is 315 g/mol. The minimum absolute atomic E-state index is 0.367. The fourth-order valence-corrected chi connectivity index (χ4v) is 2.78. The summed E-state index contributed by atoms with van der Waals surface area (Å²) in [5.41, 5.74) is 11.0. The van der Waals surface area contributed by atoms with Crippen LogP contribution in [0.2, 0.25) is 0 Å². The molecule has 0 saturated heterocycles. The van der Waals surface area contributed by atoms with E-state index in [2.05, 4.69) is 58.8 Å². The van der Waals surface area contributed by atoms with Crippen molar-refractivity contribution in [2.75, 3.05) is 11.1 Å². The fourth-order valence-electron chi connectivity index (χ4n) is 2.78. The van der Waals surface area contributed by atoms with E-state index in [4.69, 9.17) is 10.2 Å². The maximum absolute atomic E-state index is 5.98. The number of aromatic nitrogens is 1. The molecule has 4 heteroatoms. The number of rotatable bonds is 4. The minimum Gasteiger partial charge on any atom is -0.437 e. The van der Waals surface area contributed by atoms with E-state index >= 15 is 0 Å². The number of nitrogens with one attached hydrogen (secondary N) is 1.